The number of ether oxygens (including phenoxy) is 1. The quantitative estimate of drug-likeness (QED) is 0.670. The summed E-state index contributed by atoms with van der Waals surface area (Å²) in [7, 11) is 1.32. The Hall–Kier alpha value is -3.48. The normalized spacial score (nSPS) is 10.3. The standard InChI is InChI=1S/C19H17FN4O2/c1-12-11-17(22-16-10-6-4-8-14(16)20)24-19(21-12)23-15-9-5-3-7-13(15)18(25)26-2/h3-11H,1-2H3,(H2,21,22,23,24). The number of benzene rings is 2. The number of carbonyl (C=O) groups excluding carboxylic acids is 1. The molecule has 2 aromatic carbocycles. The Labute approximate surface area is 150 Å². The van der Waals surface area contributed by atoms with Gasteiger partial charge in [0.15, 0.2) is 0 Å². The highest BCUT2D eigenvalue weighted by Gasteiger charge is 2.13. The van der Waals surface area contributed by atoms with E-state index >= 15 is 0 Å². The van der Waals surface area contributed by atoms with Gasteiger partial charge in [0.1, 0.15) is 11.6 Å². The van der Waals surface area contributed by atoms with Crippen LogP contribution >= 0.6 is 0 Å². The van der Waals surface area contributed by atoms with Crippen LogP contribution in [0.25, 0.3) is 0 Å². The van der Waals surface area contributed by atoms with Gasteiger partial charge in [-0.15, -0.1) is 0 Å². The summed E-state index contributed by atoms with van der Waals surface area (Å²) in [5.41, 5.74) is 1.87. The lowest BCUT2D eigenvalue weighted by molar-refractivity contribution is 0.0602. The van der Waals surface area contributed by atoms with Crippen LogP contribution in [0.4, 0.5) is 27.5 Å². The van der Waals surface area contributed by atoms with Gasteiger partial charge in [-0.2, -0.15) is 4.98 Å². The van der Waals surface area contributed by atoms with E-state index in [0.717, 1.165) is 0 Å². The third-order valence-electron chi connectivity index (χ3n) is 3.57. The molecule has 0 bridgehead atoms. The number of carbonyl (C=O) groups is 1. The molecule has 3 aromatic rings. The molecular weight excluding hydrogens is 335 g/mol. The van der Waals surface area contributed by atoms with Crippen molar-refractivity contribution in [3.05, 3.63) is 71.7 Å². The maximum Gasteiger partial charge on any atom is 0.339 e. The van der Waals surface area contributed by atoms with Crippen LogP contribution in [0.3, 0.4) is 0 Å². The number of methoxy groups -OCH3 is 1. The van der Waals surface area contributed by atoms with E-state index in [2.05, 4.69) is 20.6 Å². The monoisotopic (exact) mass is 352 g/mol. The minimum absolute atomic E-state index is 0.278. The van der Waals surface area contributed by atoms with Crippen LogP contribution in [0.2, 0.25) is 0 Å². The molecule has 0 atom stereocenters. The zero-order valence-electron chi connectivity index (χ0n) is 14.3. The van der Waals surface area contributed by atoms with Crippen LogP contribution in [0.5, 0.6) is 0 Å². The fraction of sp³-hybridized carbons (Fsp3) is 0.105. The van der Waals surface area contributed by atoms with E-state index in [1.807, 2.05) is 0 Å². The first-order chi connectivity index (χ1) is 12.6. The van der Waals surface area contributed by atoms with Crippen LogP contribution in [-0.4, -0.2) is 23.0 Å². The molecule has 26 heavy (non-hydrogen) atoms. The van der Waals surface area contributed by atoms with Gasteiger partial charge >= 0.3 is 5.97 Å². The molecule has 3 rings (SSSR count). The minimum atomic E-state index is -0.467. The van der Waals surface area contributed by atoms with E-state index < -0.39 is 5.97 Å². The summed E-state index contributed by atoms with van der Waals surface area (Å²) in [6, 6.07) is 14.9. The van der Waals surface area contributed by atoms with Crippen molar-refractivity contribution in [2.75, 3.05) is 17.7 Å². The van der Waals surface area contributed by atoms with Gasteiger partial charge in [0, 0.05) is 11.8 Å². The summed E-state index contributed by atoms with van der Waals surface area (Å²) >= 11 is 0. The summed E-state index contributed by atoms with van der Waals surface area (Å²) in [6.07, 6.45) is 0. The number of nitrogens with one attached hydrogen (secondary N) is 2. The van der Waals surface area contributed by atoms with Crippen LogP contribution in [0, 0.1) is 12.7 Å². The van der Waals surface area contributed by atoms with Crippen LogP contribution in [-0.2, 0) is 4.74 Å². The highest BCUT2D eigenvalue weighted by atomic mass is 19.1. The molecule has 0 saturated carbocycles. The third-order valence-corrected chi connectivity index (χ3v) is 3.57. The fourth-order valence-electron chi connectivity index (χ4n) is 2.39. The van der Waals surface area contributed by atoms with Crippen molar-refractivity contribution in [1.29, 1.82) is 0 Å². The van der Waals surface area contributed by atoms with Crippen molar-refractivity contribution in [1.82, 2.24) is 9.97 Å². The number of nitrogens with zero attached hydrogens (tertiary/aromatic N) is 2. The molecule has 0 aliphatic rings. The highest BCUT2D eigenvalue weighted by molar-refractivity contribution is 5.96. The first-order valence-corrected chi connectivity index (χ1v) is 7.88. The number of aryl methyl sites for hydroxylation is 1. The van der Waals surface area contributed by atoms with Gasteiger partial charge in [-0.1, -0.05) is 24.3 Å². The first kappa shape index (κ1) is 17.3. The highest BCUT2D eigenvalue weighted by Crippen LogP contribution is 2.23. The van der Waals surface area contributed by atoms with Gasteiger partial charge < -0.3 is 15.4 Å². The molecule has 132 valence electrons. The Kier molecular flexibility index (Phi) is 5.07. The summed E-state index contributed by atoms with van der Waals surface area (Å²) in [6.45, 7) is 1.80. The van der Waals surface area contributed by atoms with Crippen molar-refractivity contribution in [3.63, 3.8) is 0 Å². The SMILES string of the molecule is COC(=O)c1ccccc1Nc1nc(C)cc(Nc2ccccc2F)n1. The molecule has 0 aliphatic heterocycles. The van der Waals surface area contributed by atoms with E-state index in [4.69, 9.17) is 4.74 Å². The third kappa shape index (κ3) is 3.94. The van der Waals surface area contributed by atoms with Crippen molar-refractivity contribution >= 4 is 29.1 Å². The number of anilines is 4. The number of halogens is 1. The lowest BCUT2D eigenvalue weighted by atomic mass is 10.2. The maximum atomic E-state index is 13.8. The van der Waals surface area contributed by atoms with Gasteiger partial charge in [-0.3, -0.25) is 0 Å². The van der Waals surface area contributed by atoms with Gasteiger partial charge in [-0.25, -0.2) is 14.2 Å². The van der Waals surface area contributed by atoms with Gasteiger partial charge in [0.05, 0.1) is 24.0 Å². The molecule has 6 nitrogen and oxygen atoms in total. The van der Waals surface area contributed by atoms with Crippen molar-refractivity contribution < 1.29 is 13.9 Å². The van der Waals surface area contributed by atoms with Crippen molar-refractivity contribution in [2.45, 2.75) is 6.92 Å². The molecule has 0 spiro atoms. The molecule has 1 heterocycles. The number of hydrogen-bond acceptors (Lipinski definition) is 6. The van der Waals surface area contributed by atoms with E-state index in [0.29, 0.717) is 28.5 Å². The molecule has 0 aliphatic carbocycles. The lowest BCUT2D eigenvalue weighted by Crippen LogP contribution is -2.08. The van der Waals surface area contributed by atoms with Crippen LogP contribution in [0.15, 0.2) is 54.6 Å². The zero-order chi connectivity index (χ0) is 18.5. The van der Waals surface area contributed by atoms with Crippen molar-refractivity contribution in [2.24, 2.45) is 0 Å². The van der Waals surface area contributed by atoms with Crippen molar-refractivity contribution in [3.8, 4) is 0 Å². The maximum absolute atomic E-state index is 13.8. The van der Waals surface area contributed by atoms with Crippen LogP contribution < -0.4 is 10.6 Å². The van der Waals surface area contributed by atoms with E-state index in [9.17, 15) is 9.18 Å². The molecule has 1 aromatic heterocycles. The van der Waals surface area contributed by atoms with Gasteiger partial charge in [0.2, 0.25) is 5.95 Å². The summed E-state index contributed by atoms with van der Waals surface area (Å²) < 4.78 is 18.6. The second-order valence-corrected chi connectivity index (χ2v) is 5.49. The Morgan fingerprint density at radius 3 is 2.42 bits per heavy atom. The Balaban J connectivity index is 1.90. The molecule has 2 N–H and O–H groups in total. The Morgan fingerprint density at radius 1 is 1.00 bits per heavy atom. The smallest absolute Gasteiger partial charge is 0.339 e. The molecular formula is C19H17FN4O2. The van der Waals surface area contributed by atoms with Crippen LogP contribution in [0.1, 0.15) is 16.1 Å². The second-order valence-electron chi connectivity index (χ2n) is 5.49. The van der Waals surface area contributed by atoms with E-state index in [-0.39, 0.29) is 11.8 Å². The molecule has 0 amide bonds. The summed E-state index contributed by atoms with van der Waals surface area (Å²) in [4.78, 5) is 20.5. The average molecular weight is 352 g/mol. The number of rotatable bonds is 5. The number of aromatic nitrogens is 2. The summed E-state index contributed by atoms with van der Waals surface area (Å²) in [5, 5.41) is 5.94. The lowest BCUT2D eigenvalue weighted by Gasteiger charge is -2.12. The van der Waals surface area contributed by atoms with E-state index in [1.165, 1.54) is 13.2 Å². The van der Waals surface area contributed by atoms with Gasteiger partial charge in [-0.05, 0) is 31.2 Å². The fourth-order valence-corrected chi connectivity index (χ4v) is 2.39. The zero-order valence-corrected chi connectivity index (χ0v) is 14.3. The van der Waals surface area contributed by atoms with Gasteiger partial charge in [0.25, 0.3) is 0 Å². The molecule has 0 unspecified atom stereocenters. The number of para-hydroxylation sites is 2. The molecule has 0 saturated heterocycles. The Morgan fingerprint density at radius 2 is 1.69 bits per heavy atom. The molecule has 0 fully saturated rings. The number of hydrogen-bond donors (Lipinski definition) is 2. The topological polar surface area (TPSA) is 76.1 Å². The largest absolute Gasteiger partial charge is 0.465 e. The molecule has 7 heteroatoms. The Bertz CT molecular complexity index is 946. The second kappa shape index (κ2) is 7.60. The molecule has 0 radical (unpaired) electrons. The predicted octanol–water partition coefficient (Wildman–Crippen LogP) is 4.20. The average Bonchev–Trinajstić information content (AvgIpc) is 2.63. The van der Waals surface area contributed by atoms with E-state index in [1.54, 1.807) is 55.5 Å². The minimum Gasteiger partial charge on any atom is -0.465 e. The summed E-state index contributed by atoms with van der Waals surface area (Å²) in [5.74, 6) is -0.138. The number of esters is 1. The predicted molar refractivity (Wildman–Crippen MR) is 97.5 cm³/mol. The first-order valence-electron chi connectivity index (χ1n) is 7.88.